The van der Waals surface area contributed by atoms with Gasteiger partial charge in [0.25, 0.3) is 5.91 Å². The number of hydrogen-bond acceptors (Lipinski definition) is 5. The van der Waals surface area contributed by atoms with Crippen molar-refractivity contribution in [2.24, 2.45) is 0 Å². The van der Waals surface area contributed by atoms with E-state index in [1.165, 1.54) is 32.8 Å². The molecular formula is C13H12ClN3O3. The molecule has 2 aromatic rings. The molecule has 0 atom stereocenters. The highest BCUT2D eigenvalue weighted by molar-refractivity contribution is 6.32. The van der Waals surface area contributed by atoms with Crippen molar-refractivity contribution in [2.75, 3.05) is 19.5 Å². The Morgan fingerprint density at radius 1 is 1.25 bits per heavy atom. The number of halogens is 1. The van der Waals surface area contributed by atoms with Crippen LogP contribution < -0.4 is 14.8 Å². The number of amides is 1. The Labute approximate surface area is 120 Å². The summed E-state index contributed by atoms with van der Waals surface area (Å²) in [6.45, 7) is 0. The molecule has 0 fully saturated rings. The molecule has 1 amide bonds. The van der Waals surface area contributed by atoms with Gasteiger partial charge in [-0.25, -0.2) is 9.97 Å². The fourth-order valence-corrected chi connectivity index (χ4v) is 1.80. The minimum Gasteiger partial charge on any atom is -0.495 e. The molecule has 20 heavy (non-hydrogen) atoms. The lowest BCUT2D eigenvalue weighted by molar-refractivity contribution is 0.102. The molecule has 0 aliphatic rings. The zero-order valence-corrected chi connectivity index (χ0v) is 11.6. The summed E-state index contributed by atoms with van der Waals surface area (Å²) in [5.74, 6) is 0.485. The monoisotopic (exact) mass is 293 g/mol. The number of anilines is 1. The van der Waals surface area contributed by atoms with Crippen molar-refractivity contribution >= 4 is 23.2 Å². The van der Waals surface area contributed by atoms with Crippen LogP contribution >= 0.6 is 11.6 Å². The fourth-order valence-electron chi connectivity index (χ4n) is 1.57. The molecule has 1 aromatic heterocycles. The maximum absolute atomic E-state index is 12.0. The molecule has 0 aliphatic carbocycles. The summed E-state index contributed by atoms with van der Waals surface area (Å²) in [6, 6.07) is 4.66. The van der Waals surface area contributed by atoms with Gasteiger partial charge in [-0.1, -0.05) is 11.6 Å². The third-order valence-electron chi connectivity index (χ3n) is 2.54. The Balaban J connectivity index is 2.31. The number of ether oxygens (including phenoxy) is 2. The normalized spacial score (nSPS) is 9.95. The summed E-state index contributed by atoms with van der Waals surface area (Å²) in [5, 5.41) is 3.08. The van der Waals surface area contributed by atoms with E-state index in [0.717, 1.165) is 0 Å². The molecule has 104 valence electrons. The molecule has 1 N–H and O–H groups in total. The van der Waals surface area contributed by atoms with Crippen LogP contribution in [0.25, 0.3) is 0 Å². The summed E-state index contributed by atoms with van der Waals surface area (Å²) in [6.07, 6.45) is 2.79. The van der Waals surface area contributed by atoms with E-state index in [1.54, 1.807) is 12.1 Å². The molecule has 0 saturated carbocycles. The lowest BCUT2D eigenvalue weighted by Gasteiger charge is -2.12. The number of benzene rings is 1. The molecule has 1 aromatic carbocycles. The highest BCUT2D eigenvalue weighted by Crippen LogP contribution is 2.35. The Hall–Kier alpha value is -2.34. The lowest BCUT2D eigenvalue weighted by Crippen LogP contribution is -2.14. The first-order valence-corrected chi connectivity index (χ1v) is 6.02. The van der Waals surface area contributed by atoms with Crippen molar-refractivity contribution in [3.05, 3.63) is 41.4 Å². The number of hydrogen-bond donors (Lipinski definition) is 1. The van der Waals surface area contributed by atoms with Gasteiger partial charge in [0.2, 0.25) is 0 Å². The Morgan fingerprint density at radius 2 is 2.00 bits per heavy atom. The molecule has 0 radical (unpaired) electrons. The SMILES string of the molecule is COc1cc(NC(=O)c2ccncn2)c(OC)cc1Cl. The molecule has 6 nitrogen and oxygen atoms in total. The van der Waals surface area contributed by atoms with Crippen LogP contribution in [0.1, 0.15) is 10.5 Å². The summed E-state index contributed by atoms with van der Waals surface area (Å²) >= 11 is 6.00. The van der Waals surface area contributed by atoms with Crippen molar-refractivity contribution in [3.63, 3.8) is 0 Å². The smallest absolute Gasteiger partial charge is 0.274 e. The third kappa shape index (κ3) is 2.97. The van der Waals surface area contributed by atoms with E-state index in [0.29, 0.717) is 22.2 Å². The molecule has 1 heterocycles. The second-order valence-electron chi connectivity index (χ2n) is 3.74. The van der Waals surface area contributed by atoms with Crippen molar-refractivity contribution < 1.29 is 14.3 Å². The van der Waals surface area contributed by atoms with E-state index in [2.05, 4.69) is 15.3 Å². The summed E-state index contributed by atoms with van der Waals surface area (Å²) in [4.78, 5) is 19.7. The Kier molecular flexibility index (Phi) is 4.37. The van der Waals surface area contributed by atoms with Crippen LogP contribution in [0.4, 0.5) is 5.69 Å². The van der Waals surface area contributed by atoms with Gasteiger partial charge in [0, 0.05) is 18.3 Å². The second kappa shape index (κ2) is 6.21. The average molecular weight is 294 g/mol. The number of nitrogens with one attached hydrogen (secondary N) is 1. The number of aromatic nitrogens is 2. The molecule has 0 spiro atoms. The first-order chi connectivity index (χ1) is 9.65. The molecule has 0 aliphatic heterocycles. The van der Waals surface area contributed by atoms with Crippen molar-refractivity contribution in [2.45, 2.75) is 0 Å². The van der Waals surface area contributed by atoms with Gasteiger partial charge in [-0.15, -0.1) is 0 Å². The lowest BCUT2D eigenvalue weighted by atomic mass is 10.2. The summed E-state index contributed by atoms with van der Waals surface area (Å²) in [5.41, 5.74) is 0.688. The minimum atomic E-state index is -0.380. The molecular weight excluding hydrogens is 282 g/mol. The van der Waals surface area contributed by atoms with Crippen LogP contribution in [0, 0.1) is 0 Å². The molecule has 7 heteroatoms. The van der Waals surface area contributed by atoms with Gasteiger partial charge in [0.15, 0.2) is 0 Å². The van der Waals surface area contributed by atoms with Crippen LogP contribution in [0.3, 0.4) is 0 Å². The maximum Gasteiger partial charge on any atom is 0.274 e. The van der Waals surface area contributed by atoms with Crippen LogP contribution in [0.15, 0.2) is 30.7 Å². The van der Waals surface area contributed by atoms with E-state index in [1.807, 2.05) is 0 Å². The first-order valence-electron chi connectivity index (χ1n) is 5.64. The molecule has 0 saturated heterocycles. The number of carbonyl (C=O) groups excluding carboxylic acids is 1. The third-order valence-corrected chi connectivity index (χ3v) is 2.83. The van der Waals surface area contributed by atoms with E-state index < -0.39 is 0 Å². The van der Waals surface area contributed by atoms with Gasteiger partial charge >= 0.3 is 0 Å². The largest absolute Gasteiger partial charge is 0.495 e. The highest BCUT2D eigenvalue weighted by atomic mass is 35.5. The Morgan fingerprint density at radius 3 is 2.60 bits per heavy atom. The molecule has 0 bridgehead atoms. The Bertz CT molecular complexity index is 620. The fraction of sp³-hybridized carbons (Fsp3) is 0.154. The zero-order chi connectivity index (χ0) is 14.5. The number of methoxy groups -OCH3 is 2. The first kappa shape index (κ1) is 14.1. The number of nitrogens with zero attached hydrogens (tertiary/aromatic N) is 2. The summed E-state index contributed by atoms with van der Waals surface area (Å²) in [7, 11) is 2.97. The number of rotatable bonds is 4. The average Bonchev–Trinajstić information content (AvgIpc) is 2.49. The predicted octanol–water partition coefficient (Wildman–Crippen LogP) is 2.40. The van der Waals surface area contributed by atoms with Crippen molar-refractivity contribution in [1.29, 1.82) is 0 Å². The van der Waals surface area contributed by atoms with Gasteiger partial charge in [0.05, 0.1) is 24.9 Å². The van der Waals surface area contributed by atoms with Crippen molar-refractivity contribution in [3.8, 4) is 11.5 Å². The van der Waals surface area contributed by atoms with Crippen LogP contribution in [0.2, 0.25) is 5.02 Å². The van der Waals surface area contributed by atoms with Gasteiger partial charge in [-0.3, -0.25) is 4.79 Å². The molecule has 0 unspecified atom stereocenters. The zero-order valence-electron chi connectivity index (χ0n) is 10.9. The predicted molar refractivity (Wildman–Crippen MR) is 74.5 cm³/mol. The highest BCUT2D eigenvalue weighted by Gasteiger charge is 2.14. The topological polar surface area (TPSA) is 73.3 Å². The van der Waals surface area contributed by atoms with E-state index in [-0.39, 0.29) is 11.6 Å². The quantitative estimate of drug-likeness (QED) is 0.937. The second-order valence-corrected chi connectivity index (χ2v) is 4.14. The van der Waals surface area contributed by atoms with Crippen LogP contribution in [0.5, 0.6) is 11.5 Å². The van der Waals surface area contributed by atoms with E-state index in [4.69, 9.17) is 21.1 Å². The van der Waals surface area contributed by atoms with Crippen LogP contribution in [-0.2, 0) is 0 Å². The van der Waals surface area contributed by atoms with E-state index in [9.17, 15) is 4.79 Å². The molecule has 2 rings (SSSR count). The van der Waals surface area contributed by atoms with Crippen LogP contribution in [-0.4, -0.2) is 30.1 Å². The number of carbonyl (C=O) groups is 1. The van der Waals surface area contributed by atoms with Gasteiger partial charge in [-0.2, -0.15) is 0 Å². The van der Waals surface area contributed by atoms with Gasteiger partial charge in [-0.05, 0) is 6.07 Å². The standard InChI is InChI=1S/C13H12ClN3O3/c1-19-11-6-10(12(20-2)5-8(11)14)17-13(18)9-3-4-15-7-16-9/h3-7H,1-2H3,(H,17,18). The summed E-state index contributed by atoms with van der Waals surface area (Å²) < 4.78 is 10.3. The minimum absolute atomic E-state index is 0.246. The maximum atomic E-state index is 12.0. The van der Waals surface area contributed by atoms with Gasteiger partial charge in [0.1, 0.15) is 23.5 Å². The van der Waals surface area contributed by atoms with Gasteiger partial charge < -0.3 is 14.8 Å². The van der Waals surface area contributed by atoms with Crippen molar-refractivity contribution in [1.82, 2.24) is 9.97 Å². The van der Waals surface area contributed by atoms with E-state index >= 15 is 0 Å².